The number of hydrogen-bond donors (Lipinski definition) is 1. The molecule has 0 aliphatic carbocycles. The van der Waals surface area contributed by atoms with E-state index in [2.05, 4.69) is 10.4 Å². The lowest BCUT2D eigenvalue weighted by atomic mass is 10.0. The highest BCUT2D eigenvalue weighted by molar-refractivity contribution is 5.97. The van der Waals surface area contributed by atoms with Crippen molar-refractivity contribution in [3.05, 3.63) is 65.4 Å². The maximum atomic E-state index is 12.5. The SMILES string of the molecule is CC(=O)c1cccc(NC(=O)Cn2ncc3c2-c2cc(C)ccc2OC3)c1. The van der Waals surface area contributed by atoms with Crippen LogP contribution in [-0.2, 0) is 17.9 Å². The summed E-state index contributed by atoms with van der Waals surface area (Å²) in [6, 6.07) is 12.9. The third kappa shape index (κ3) is 3.33. The number of ketones is 1. The second-order valence-electron chi connectivity index (χ2n) is 6.65. The number of anilines is 1. The summed E-state index contributed by atoms with van der Waals surface area (Å²) >= 11 is 0. The van der Waals surface area contributed by atoms with Crippen molar-refractivity contribution in [2.45, 2.75) is 27.0 Å². The molecule has 0 spiro atoms. The van der Waals surface area contributed by atoms with Gasteiger partial charge < -0.3 is 10.1 Å². The standard InChI is InChI=1S/C21H19N3O3/c1-13-6-7-19-18(8-13)21-16(12-27-19)10-22-24(21)11-20(26)23-17-5-3-4-15(9-17)14(2)25/h3-10H,11-12H2,1-2H3,(H,23,26). The minimum Gasteiger partial charge on any atom is -0.488 e. The number of Topliss-reactive ketones (excluding diaryl/α,β-unsaturated/α-hetero) is 1. The molecule has 1 N–H and O–H groups in total. The molecule has 0 radical (unpaired) electrons. The topological polar surface area (TPSA) is 73.2 Å². The minimum absolute atomic E-state index is 0.0424. The molecule has 0 atom stereocenters. The van der Waals surface area contributed by atoms with Gasteiger partial charge in [0.15, 0.2) is 5.78 Å². The van der Waals surface area contributed by atoms with Crippen LogP contribution in [0.5, 0.6) is 5.75 Å². The molecule has 27 heavy (non-hydrogen) atoms. The lowest BCUT2D eigenvalue weighted by Crippen LogP contribution is -2.21. The molecule has 2 aromatic carbocycles. The Kier molecular flexibility index (Phi) is 4.24. The van der Waals surface area contributed by atoms with Gasteiger partial charge in [-0.2, -0.15) is 5.10 Å². The third-order valence-electron chi connectivity index (χ3n) is 4.53. The maximum absolute atomic E-state index is 12.5. The summed E-state index contributed by atoms with van der Waals surface area (Å²) < 4.78 is 7.46. The van der Waals surface area contributed by atoms with Crippen LogP contribution in [0.25, 0.3) is 11.3 Å². The Morgan fingerprint density at radius 1 is 1.22 bits per heavy atom. The quantitative estimate of drug-likeness (QED) is 0.721. The number of amides is 1. The molecule has 0 unspecified atom stereocenters. The first-order chi connectivity index (χ1) is 13.0. The Balaban J connectivity index is 1.58. The van der Waals surface area contributed by atoms with Gasteiger partial charge in [0.25, 0.3) is 0 Å². The Bertz CT molecular complexity index is 1050. The molecule has 3 aromatic rings. The first-order valence-corrected chi connectivity index (χ1v) is 8.70. The Hall–Kier alpha value is -3.41. The number of carbonyl (C=O) groups is 2. The van der Waals surface area contributed by atoms with Crippen LogP contribution in [0, 0.1) is 6.92 Å². The number of carbonyl (C=O) groups excluding carboxylic acids is 2. The maximum Gasteiger partial charge on any atom is 0.246 e. The van der Waals surface area contributed by atoms with E-state index in [4.69, 9.17) is 4.74 Å². The van der Waals surface area contributed by atoms with Crippen molar-refractivity contribution in [1.29, 1.82) is 0 Å². The average Bonchev–Trinajstić information content (AvgIpc) is 3.05. The third-order valence-corrected chi connectivity index (χ3v) is 4.53. The van der Waals surface area contributed by atoms with Gasteiger partial charge >= 0.3 is 0 Å². The van der Waals surface area contributed by atoms with E-state index in [-0.39, 0.29) is 18.2 Å². The number of hydrogen-bond acceptors (Lipinski definition) is 4. The van der Waals surface area contributed by atoms with E-state index in [1.165, 1.54) is 6.92 Å². The average molecular weight is 361 g/mol. The molecular formula is C21H19N3O3. The smallest absolute Gasteiger partial charge is 0.246 e. The van der Waals surface area contributed by atoms with E-state index in [9.17, 15) is 9.59 Å². The van der Waals surface area contributed by atoms with Crippen molar-refractivity contribution in [1.82, 2.24) is 9.78 Å². The van der Waals surface area contributed by atoms with Gasteiger partial charge in [-0.15, -0.1) is 0 Å². The molecule has 0 saturated heterocycles. The predicted molar refractivity (Wildman–Crippen MR) is 102 cm³/mol. The van der Waals surface area contributed by atoms with E-state index in [1.807, 2.05) is 25.1 Å². The van der Waals surface area contributed by atoms with E-state index in [0.717, 1.165) is 28.1 Å². The summed E-state index contributed by atoms with van der Waals surface area (Å²) in [5.41, 5.74) is 5.08. The Labute approximate surface area is 156 Å². The lowest BCUT2D eigenvalue weighted by Gasteiger charge is -2.19. The molecular weight excluding hydrogens is 342 g/mol. The van der Waals surface area contributed by atoms with Crippen LogP contribution in [0.15, 0.2) is 48.7 Å². The molecule has 6 nitrogen and oxygen atoms in total. The molecule has 1 amide bonds. The van der Waals surface area contributed by atoms with Crippen LogP contribution in [0.2, 0.25) is 0 Å². The number of nitrogens with one attached hydrogen (secondary N) is 1. The summed E-state index contributed by atoms with van der Waals surface area (Å²) in [6.07, 6.45) is 1.74. The van der Waals surface area contributed by atoms with Crippen LogP contribution < -0.4 is 10.1 Å². The molecule has 2 heterocycles. The highest BCUT2D eigenvalue weighted by Gasteiger charge is 2.23. The zero-order valence-electron chi connectivity index (χ0n) is 15.2. The van der Waals surface area contributed by atoms with Gasteiger partial charge in [-0.05, 0) is 38.1 Å². The summed E-state index contributed by atoms with van der Waals surface area (Å²) in [5.74, 6) is 0.547. The lowest BCUT2D eigenvalue weighted by molar-refractivity contribution is -0.116. The number of nitrogens with zero attached hydrogens (tertiary/aromatic N) is 2. The van der Waals surface area contributed by atoms with Crippen LogP contribution in [0.4, 0.5) is 5.69 Å². The van der Waals surface area contributed by atoms with E-state index in [1.54, 1.807) is 35.1 Å². The molecule has 1 aromatic heterocycles. The van der Waals surface area contributed by atoms with Crippen LogP contribution in [0.1, 0.15) is 28.4 Å². The summed E-state index contributed by atoms with van der Waals surface area (Å²) in [5, 5.41) is 7.21. The molecule has 4 rings (SSSR count). The number of rotatable bonds is 4. The van der Waals surface area contributed by atoms with E-state index >= 15 is 0 Å². The number of ether oxygens (including phenoxy) is 1. The normalized spacial score (nSPS) is 11.9. The summed E-state index contributed by atoms with van der Waals surface area (Å²) in [4.78, 5) is 24.0. The highest BCUT2D eigenvalue weighted by atomic mass is 16.5. The van der Waals surface area contributed by atoms with Crippen molar-refractivity contribution >= 4 is 17.4 Å². The van der Waals surface area contributed by atoms with Crippen LogP contribution >= 0.6 is 0 Å². The van der Waals surface area contributed by atoms with Gasteiger partial charge in [0.1, 0.15) is 18.9 Å². The monoisotopic (exact) mass is 361 g/mol. The fourth-order valence-electron chi connectivity index (χ4n) is 3.22. The zero-order valence-corrected chi connectivity index (χ0v) is 15.2. The summed E-state index contributed by atoms with van der Waals surface area (Å²) in [6.45, 7) is 4.03. The minimum atomic E-state index is -0.206. The van der Waals surface area contributed by atoms with Crippen molar-refractivity contribution in [2.75, 3.05) is 5.32 Å². The summed E-state index contributed by atoms with van der Waals surface area (Å²) in [7, 11) is 0. The first kappa shape index (κ1) is 17.0. The molecule has 0 fully saturated rings. The van der Waals surface area contributed by atoms with Gasteiger partial charge in [0.05, 0.1) is 11.9 Å². The highest BCUT2D eigenvalue weighted by Crippen LogP contribution is 2.37. The first-order valence-electron chi connectivity index (χ1n) is 8.70. The van der Waals surface area contributed by atoms with Crippen molar-refractivity contribution in [3.8, 4) is 17.0 Å². The predicted octanol–water partition coefficient (Wildman–Crippen LogP) is 3.59. The van der Waals surface area contributed by atoms with Gasteiger partial charge in [-0.3, -0.25) is 14.3 Å². The van der Waals surface area contributed by atoms with Gasteiger partial charge in [-0.1, -0.05) is 23.8 Å². The molecule has 1 aliphatic rings. The zero-order chi connectivity index (χ0) is 19.0. The van der Waals surface area contributed by atoms with Crippen molar-refractivity contribution < 1.29 is 14.3 Å². The van der Waals surface area contributed by atoms with Crippen molar-refractivity contribution in [2.24, 2.45) is 0 Å². The van der Waals surface area contributed by atoms with Crippen LogP contribution in [-0.4, -0.2) is 21.5 Å². The molecule has 6 heteroatoms. The Morgan fingerprint density at radius 2 is 2.07 bits per heavy atom. The second-order valence-corrected chi connectivity index (χ2v) is 6.65. The molecule has 0 bridgehead atoms. The van der Waals surface area contributed by atoms with Crippen molar-refractivity contribution in [3.63, 3.8) is 0 Å². The number of aryl methyl sites for hydroxylation is 1. The molecule has 136 valence electrons. The number of aromatic nitrogens is 2. The van der Waals surface area contributed by atoms with Gasteiger partial charge in [0.2, 0.25) is 5.91 Å². The number of benzene rings is 2. The number of fused-ring (bicyclic) bond motifs is 3. The van der Waals surface area contributed by atoms with Crippen LogP contribution in [0.3, 0.4) is 0 Å². The second kappa shape index (κ2) is 6.72. The fraction of sp³-hybridized carbons (Fsp3) is 0.190. The molecule has 0 saturated carbocycles. The van der Waals surface area contributed by atoms with Gasteiger partial charge in [0, 0.05) is 22.4 Å². The van der Waals surface area contributed by atoms with E-state index in [0.29, 0.717) is 17.9 Å². The molecule has 1 aliphatic heterocycles. The van der Waals surface area contributed by atoms with E-state index < -0.39 is 0 Å². The largest absolute Gasteiger partial charge is 0.488 e. The Morgan fingerprint density at radius 3 is 2.89 bits per heavy atom. The van der Waals surface area contributed by atoms with Gasteiger partial charge in [-0.25, -0.2) is 0 Å². The fourth-order valence-corrected chi connectivity index (χ4v) is 3.22.